The molecular weight excluding hydrogens is 268 g/mol. The van der Waals surface area contributed by atoms with Crippen molar-refractivity contribution in [1.29, 1.82) is 0 Å². The quantitative estimate of drug-likeness (QED) is 0.881. The summed E-state index contributed by atoms with van der Waals surface area (Å²) in [6, 6.07) is 8.34. The number of nitrogens with zero attached hydrogens (tertiary/aromatic N) is 1. The van der Waals surface area contributed by atoms with Gasteiger partial charge in [0.1, 0.15) is 0 Å². The minimum absolute atomic E-state index is 0.134. The fraction of sp³-hybridized carbons (Fsp3) is 0.500. The van der Waals surface area contributed by atoms with Gasteiger partial charge in [0.25, 0.3) is 0 Å². The Morgan fingerprint density at radius 2 is 1.88 bits per heavy atom. The number of halogens is 1. The van der Waals surface area contributed by atoms with Gasteiger partial charge < -0.3 is 10.4 Å². The predicted molar refractivity (Wildman–Crippen MR) is 68.4 cm³/mol. The minimum Gasteiger partial charge on any atom is -0.394 e. The predicted octanol–water partition coefficient (Wildman–Crippen LogP) is 1.39. The van der Waals surface area contributed by atoms with Crippen molar-refractivity contribution in [2.75, 3.05) is 32.8 Å². The summed E-state index contributed by atoms with van der Waals surface area (Å²) in [5.74, 6) is 0. The summed E-state index contributed by atoms with van der Waals surface area (Å²) >= 11 is 3.43. The normalized spacial score (nSPS) is 19.6. The molecule has 0 amide bonds. The lowest BCUT2D eigenvalue weighted by Gasteiger charge is -2.34. The van der Waals surface area contributed by atoms with Gasteiger partial charge in [0, 0.05) is 30.7 Å². The molecule has 0 saturated carbocycles. The molecule has 16 heavy (non-hydrogen) atoms. The molecule has 0 spiro atoms. The first-order valence-electron chi connectivity index (χ1n) is 5.62. The molecule has 0 unspecified atom stereocenters. The zero-order valence-electron chi connectivity index (χ0n) is 9.19. The molecule has 1 fully saturated rings. The molecule has 2 N–H and O–H groups in total. The van der Waals surface area contributed by atoms with Gasteiger partial charge in [-0.1, -0.05) is 28.1 Å². The molecule has 3 nitrogen and oxygen atoms in total. The molecule has 4 heteroatoms. The van der Waals surface area contributed by atoms with Crippen LogP contribution >= 0.6 is 15.9 Å². The van der Waals surface area contributed by atoms with Crippen LogP contribution in [0.2, 0.25) is 0 Å². The highest BCUT2D eigenvalue weighted by molar-refractivity contribution is 9.10. The average Bonchev–Trinajstić information content (AvgIpc) is 2.34. The monoisotopic (exact) mass is 284 g/mol. The zero-order valence-corrected chi connectivity index (χ0v) is 10.8. The summed E-state index contributed by atoms with van der Waals surface area (Å²) in [4.78, 5) is 2.33. The topological polar surface area (TPSA) is 35.5 Å². The van der Waals surface area contributed by atoms with Gasteiger partial charge in [-0.3, -0.25) is 4.90 Å². The van der Waals surface area contributed by atoms with E-state index in [1.807, 2.05) is 12.1 Å². The molecule has 0 radical (unpaired) electrons. The summed E-state index contributed by atoms with van der Waals surface area (Å²) in [6.07, 6.45) is 0. The maximum atomic E-state index is 9.53. The smallest absolute Gasteiger partial charge is 0.0628 e. The van der Waals surface area contributed by atoms with E-state index >= 15 is 0 Å². The lowest BCUT2D eigenvalue weighted by molar-refractivity contribution is 0.111. The van der Waals surface area contributed by atoms with E-state index in [9.17, 15) is 5.11 Å². The van der Waals surface area contributed by atoms with Crippen LogP contribution in [-0.2, 0) is 0 Å². The van der Waals surface area contributed by atoms with E-state index in [0.29, 0.717) is 0 Å². The van der Waals surface area contributed by atoms with Gasteiger partial charge in [-0.05, 0) is 17.7 Å². The van der Waals surface area contributed by atoms with Crippen LogP contribution in [0.25, 0.3) is 0 Å². The Hall–Kier alpha value is -0.420. The number of piperazine rings is 1. The molecule has 0 aromatic heterocycles. The van der Waals surface area contributed by atoms with Gasteiger partial charge in [-0.2, -0.15) is 0 Å². The summed E-state index contributed by atoms with van der Waals surface area (Å²) in [6.45, 7) is 4.20. The summed E-state index contributed by atoms with van der Waals surface area (Å²) in [5, 5.41) is 12.9. The highest BCUT2D eigenvalue weighted by Gasteiger charge is 2.20. The van der Waals surface area contributed by atoms with Gasteiger partial charge in [-0.25, -0.2) is 0 Å². The molecule has 1 aliphatic heterocycles. The van der Waals surface area contributed by atoms with E-state index < -0.39 is 0 Å². The Morgan fingerprint density at radius 1 is 1.25 bits per heavy atom. The number of rotatable bonds is 3. The first-order valence-corrected chi connectivity index (χ1v) is 6.41. The standard InChI is InChI=1S/C12H17BrN2O/c13-11-3-1-10(2-4-11)12(9-16)15-7-5-14-6-8-15/h1-4,12,14,16H,5-9H2/t12-/m1/s1. The number of benzene rings is 1. The minimum atomic E-state index is 0.134. The first-order chi connectivity index (χ1) is 7.81. The van der Waals surface area contributed by atoms with Crippen LogP contribution in [0.15, 0.2) is 28.7 Å². The molecule has 2 rings (SSSR count). The number of hydrogen-bond acceptors (Lipinski definition) is 3. The van der Waals surface area contributed by atoms with Crippen molar-refractivity contribution in [3.8, 4) is 0 Å². The SMILES string of the molecule is OC[C@H](c1ccc(Br)cc1)N1CCNCC1. The third kappa shape index (κ3) is 2.83. The third-order valence-electron chi connectivity index (χ3n) is 3.02. The number of hydrogen-bond donors (Lipinski definition) is 2. The van der Waals surface area contributed by atoms with Crippen LogP contribution in [0.5, 0.6) is 0 Å². The Kier molecular flexibility index (Phi) is 4.35. The van der Waals surface area contributed by atoms with Gasteiger partial charge in [0.2, 0.25) is 0 Å². The molecule has 1 aromatic carbocycles. The van der Waals surface area contributed by atoms with Gasteiger partial charge in [-0.15, -0.1) is 0 Å². The lowest BCUT2D eigenvalue weighted by Crippen LogP contribution is -2.46. The molecule has 0 bridgehead atoms. The first kappa shape index (κ1) is 12.0. The molecule has 88 valence electrons. The van der Waals surface area contributed by atoms with Gasteiger partial charge in [0.05, 0.1) is 12.6 Å². The second kappa shape index (κ2) is 5.77. The molecule has 1 aromatic rings. The Morgan fingerprint density at radius 3 is 2.44 bits per heavy atom. The average molecular weight is 285 g/mol. The van der Waals surface area contributed by atoms with E-state index in [1.165, 1.54) is 5.56 Å². The van der Waals surface area contributed by atoms with Crippen LogP contribution in [-0.4, -0.2) is 42.8 Å². The highest BCUT2D eigenvalue weighted by atomic mass is 79.9. The fourth-order valence-electron chi connectivity index (χ4n) is 2.11. The van der Waals surface area contributed by atoms with Crippen molar-refractivity contribution < 1.29 is 5.11 Å². The number of aliphatic hydroxyl groups is 1. The van der Waals surface area contributed by atoms with Crippen molar-refractivity contribution >= 4 is 15.9 Å². The van der Waals surface area contributed by atoms with Crippen LogP contribution in [0.3, 0.4) is 0 Å². The van der Waals surface area contributed by atoms with Crippen molar-refractivity contribution in [1.82, 2.24) is 10.2 Å². The number of aliphatic hydroxyl groups excluding tert-OH is 1. The van der Waals surface area contributed by atoms with Crippen LogP contribution in [0.1, 0.15) is 11.6 Å². The lowest BCUT2D eigenvalue weighted by atomic mass is 10.1. The fourth-order valence-corrected chi connectivity index (χ4v) is 2.37. The van der Waals surface area contributed by atoms with E-state index in [1.54, 1.807) is 0 Å². The van der Waals surface area contributed by atoms with E-state index in [0.717, 1.165) is 30.7 Å². The largest absolute Gasteiger partial charge is 0.394 e. The molecule has 1 saturated heterocycles. The molecular formula is C12H17BrN2O. The van der Waals surface area contributed by atoms with Crippen LogP contribution < -0.4 is 5.32 Å². The molecule has 1 atom stereocenters. The van der Waals surface area contributed by atoms with Gasteiger partial charge >= 0.3 is 0 Å². The van der Waals surface area contributed by atoms with Gasteiger partial charge in [0.15, 0.2) is 0 Å². The summed E-state index contributed by atoms with van der Waals surface area (Å²) < 4.78 is 1.08. The number of nitrogens with one attached hydrogen (secondary N) is 1. The van der Waals surface area contributed by atoms with Crippen molar-refractivity contribution in [2.45, 2.75) is 6.04 Å². The molecule has 1 heterocycles. The third-order valence-corrected chi connectivity index (χ3v) is 3.55. The van der Waals surface area contributed by atoms with Crippen LogP contribution in [0.4, 0.5) is 0 Å². The highest BCUT2D eigenvalue weighted by Crippen LogP contribution is 2.22. The molecule has 1 aliphatic rings. The summed E-state index contributed by atoms with van der Waals surface area (Å²) in [7, 11) is 0. The second-order valence-corrected chi connectivity index (χ2v) is 4.95. The second-order valence-electron chi connectivity index (χ2n) is 4.04. The van der Waals surface area contributed by atoms with Crippen molar-refractivity contribution in [3.63, 3.8) is 0 Å². The summed E-state index contributed by atoms with van der Waals surface area (Å²) in [5.41, 5.74) is 1.19. The maximum absolute atomic E-state index is 9.53. The Balaban J connectivity index is 2.11. The van der Waals surface area contributed by atoms with Crippen LogP contribution in [0, 0.1) is 0 Å². The maximum Gasteiger partial charge on any atom is 0.0628 e. The Bertz CT molecular complexity index is 322. The van der Waals surface area contributed by atoms with E-state index in [4.69, 9.17) is 0 Å². The van der Waals surface area contributed by atoms with E-state index in [-0.39, 0.29) is 12.6 Å². The van der Waals surface area contributed by atoms with Crippen molar-refractivity contribution in [3.05, 3.63) is 34.3 Å². The Labute approximate surface area is 105 Å². The molecule has 0 aliphatic carbocycles. The van der Waals surface area contributed by atoms with Crippen molar-refractivity contribution in [2.24, 2.45) is 0 Å². The van der Waals surface area contributed by atoms with E-state index in [2.05, 4.69) is 38.3 Å². The zero-order chi connectivity index (χ0) is 11.4.